The lowest BCUT2D eigenvalue weighted by Crippen LogP contribution is -1.84. The largest absolute Gasteiger partial charge is 0.361 e. The first-order valence-electron chi connectivity index (χ1n) is 4.75. The first-order valence-corrected chi connectivity index (χ1v) is 4.75. The number of aromatic nitrogens is 1. The van der Waals surface area contributed by atoms with E-state index in [1.807, 2.05) is 13.0 Å². The first kappa shape index (κ1) is 9.30. The summed E-state index contributed by atoms with van der Waals surface area (Å²) in [5, 5.41) is 3.94. The van der Waals surface area contributed by atoms with Crippen LogP contribution in [0.5, 0.6) is 0 Å². The van der Waals surface area contributed by atoms with Crippen LogP contribution in [0.3, 0.4) is 0 Å². The van der Waals surface area contributed by atoms with Crippen LogP contribution < -0.4 is 0 Å². The molecule has 0 bridgehead atoms. The average Bonchev–Trinajstić information content (AvgIpc) is 2.45. The molecule has 1 aromatic heterocycles. The molecule has 0 aliphatic heterocycles. The molecule has 0 N–H and O–H groups in total. The van der Waals surface area contributed by atoms with Gasteiger partial charge in [-0.15, -0.1) is 0 Å². The van der Waals surface area contributed by atoms with Crippen LogP contribution in [-0.2, 0) is 6.42 Å². The van der Waals surface area contributed by atoms with Crippen LogP contribution in [0.25, 0.3) is 0 Å². The van der Waals surface area contributed by atoms with Crippen LogP contribution in [-0.4, -0.2) is 5.16 Å². The highest BCUT2D eigenvalue weighted by Gasteiger charge is 1.98. The van der Waals surface area contributed by atoms with Crippen molar-refractivity contribution < 1.29 is 4.52 Å². The Balaban J connectivity index is 2.15. The third-order valence-electron chi connectivity index (χ3n) is 1.96. The SMILES string of the molecule is CCCCCCc1cc(C)on1. The van der Waals surface area contributed by atoms with Gasteiger partial charge in [-0.05, 0) is 19.8 Å². The second-order valence-corrected chi connectivity index (χ2v) is 3.24. The van der Waals surface area contributed by atoms with Crippen LogP contribution in [0.15, 0.2) is 10.6 Å². The molecule has 1 heterocycles. The molecule has 0 aromatic carbocycles. The molecule has 1 aromatic rings. The van der Waals surface area contributed by atoms with Crippen LogP contribution in [0.1, 0.15) is 44.1 Å². The second kappa shape index (κ2) is 4.96. The van der Waals surface area contributed by atoms with Crippen LogP contribution in [0, 0.1) is 6.92 Å². The van der Waals surface area contributed by atoms with E-state index in [4.69, 9.17) is 4.52 Å². The summed E-state index contributed by atoms with van der Waals surface area (Å²) in [5.74, 6) is 0.917. The van der Waals surface area contributed by atoms with Crippen molar-refractivity contribution in [2.24, 2.45) is 0 Å². The lowest BCUT2D eigenvalue weighted by atomic mass is 10.1. The summed E-state index contributed by atoms with van der Waals surface area (Å²) in [4.78, 5) is 0. The molecule has 0 fully saturated rings. The number of nitrogens with zero attached hydrogens (tertiary/aromatic N) is 1. The van der Waals surface area contributed by atoms with Gasteiger partial charge in [-0.25, -0.2) is 0 Å². The highest BCUT2D eigenvalue weighted by molar-refractivity contribution is 5.03. The van der Waals surface area contributed by atoms with Crippen LogP contribution in [0.4, 0.5) is 0 Å². The maximum absolute atomic E-state index is 4.97. The number of rotatable bonds is 5. The average molecular weight is 167 g/mol. The fraction of sp³-hybridized carbons (Fsp3) is 0.700. The molecular formula is C10H17NO. The Morgan fingerprint density at radius 2 is 2.17 bits per heavy atom. The molecule has 12 heavy (non-hydrogen) atoms. The van der Waals surface area contributed by atoms with E-state index in [2.05, 4.69) is 12.1 Å². The van der Waals surface area contributed by atoms with Crippen molar-refractivity contribution in [1.82, 2.24) is 5.16 Å². The summed E-state index contributed by atoms with van der Waals surface area (Å²) in [7, 11) is 0. The quantitative estimate of drug-likeness (QED) is 0.630. The summed E-state index contributed by atoms with van der Waals surface area (Å²) < 4.78 is 4.97. The van der Waals surface area contributed by atoms with Gasteiger partial charge in [0, 0.05) is 6.07 Å². The topological polar surface area (TPSA) is 26.0 Å². The Morgan fingerprint density at radius 1 is 1.33 bits per heavy atom. The second-order valence-electron chi connectivity index (χ2n) is 3.24. The number of hydrogen-bond acceptors (Lipinski definition) is 2. The third-order valence-corrected chi connectivity index (χ3v) is 1.96. The van der Waals surface area contributed by atoms with Crippen molar-refractivity contribution in [2.45, 2.75) is 46.0 Å². The van der Waals surface area contributed by atoms with Crippen LogP contribution in [0.2, 0.25) is 0 Å². The minimum absolute atomic E-state index is 0.917. The zero-order valence-corrected chi connectivity index (χ0v) is 7.97. The van der Waals surface area contributed by atoms with Crippen LogP contribution >= 0.6 is 0 Å². The van der Waals surface area contributed by atoms with Gasteiger partial charge in [-0.2, -0.15) is 0 Å². The summed E-state index contributed by atoms with van der Waals surface area (Å²) in [6, 6.07) is 2.02. The van der Waals surface area contributed by atoms with E-state index in [0.29, 0.717) is 0 Å². The Morgan fingerprint density at radius 3 is 2.75 bits per heavy atom. The summed E-state index contributed by atoms with van der Waals surface area (Å²) >= 11 is 0. The first-order chi connectivity index (χ1) is 5.83. The molecule has 0 spiro atoms. The highest BCUT2D eigenvalue weighted by atomic mass is 16.5. The van der Waals surface area contributed by atoms with E-state index in [9.17, 15) is 0 Å². The number of unbranched alkanes of at least 4 members (excludes halogenated alkanes) is 3. The monoisotopic (exact) mass is 167 g/mol. The van der Waals surface area contributed by atoms with E-state index < -0.39 is 0 Å². The molecule has 1 rings (SSSR count). The van der Waals surface area contributed by atoms with Gasteiger partial charge in [0.2, 0.25) is 0 Å². The van der Waals surface area contributed by atoms with Gasteiger partial charge in [0.1, 0.15) is 5.76 Å². The van der Waals surface area contributed by atoms with Gasteiger partial charge in [0.15, 0.2) is 0 Å². The molecule has 0 saturated carbocycles. The van der Waals surface area contributed by atoms with Gasteiger partial charge in [-0.1, -0.05) is 31.3 Å². The Hall–Kier alpha value is -0.790. The minimum atomic E-state index is 0.917. The number of aryl methyl sites for hydroxylation is 2. The molecule has 0 atom stereocenters. The Kier molecular flexibility index (Phi) is 3.85. The fourth-order valence-electron chi connectivity index (χ4n) is 1.27. The molecule has 0 unspecified atom stereocenters. The van der Waals surface area contributed by atoms with Gasteiger partial charge in [-0.3, -0.25) is 0 Å². The standard InChI is InChI=1S/C10H17NO/c1-3-4-5-6-7-10-8-9(2)12-11-10/h8H,3-7H2,1-2H3. The van der Waals surface area contributed by atoms with Crippen molar-refractivity contribution in [3.05, 3.63) is 17.5 Å². The summed E-state index contributed by atoms with van der Waals surface area (Å²) in [6.45, 7) is 4.16. The highest BCUT2D eigenvalue weighted by Crippen LogP contribution is 2.07. The molecule has 2 heteroatoms. The van der Waals surface area contributed by atoms with Crippen molar-refractivity contribution in [3.8, 4) is 0 Å². The van der Waals surface area contributed by atoms with E-state index in [1.165, 1.54) is 25.7 Å². The molecule has 2 nitrogen and oxygen atoms in total. The van der Waals surface area contributed by atoms with E-state index >= 15 is 0 Å². The maximum atomic E-state index is 4.97. The molecule has 0 radical (unpaired) electrons. The zero-order valence-electron chi connectivity index (χ0n) is 7.97. The molecule has 0 aliphatic rings. The van der Waals surface area contributed by atoms with E-state index in [0.717, 1.165) is 17.9 Å². The smallest absolute Gasteiger partial charge is 0.133 e. The van der Waals surface area contributed by atoms with E-state index in [-0.39, 0.29) is 0 Å². The minimum Gasteiger partial charge on any atom is -0.361 e. The zero-order chi connectivity index (χ0) is 8.81. The molecule has 0 saturated heterocycles. The predicted molar refractivity (Wildman–Crippen MR) is 49.1 cm³/mol. The lowest BCUT2D eigenvalue weighted by molar-refractivity contribution is 0.389. The number of hydrogen-bond donors (Lipinski definition) is 0. The Bertz CT molecular complexity index is 217. The van der Waals surface area contributed by atoms with Crippen molar-refractivity contribution in [2.75, 3.05) is 0 Å². The van der Waals surface area contributed by atoms with Gasteiger partial charge >= 0.3 is 0 Å². The Labute approximate surface area is 74.0 Å². The lowest BCUT2D eigenvalue weighted by Gasteiger charge is -1.94. The van der Waals surface area contributed by atoms with Gasteiger partial charge in [0.25, 0.3) is 0 Å². The van der Waals surface area contributed by atoms with Gasteiger partial charge in [0.05, 0.1) is 5.69 Å². The maximum Gasteiger partial charge on any atom is 0.133 e. The summed E-state index contributed by atoms with van der Waals surface area (Å²) in [6.07, 6.45) is 6.23. The molecule has 0 aliphatic carbocycles. The molecule has 68 valence electrons. The van der Waals surface area contributed by atoms with Crippen molar-refractivity contribution in [1.29, 1.82) is 0 Å². The fourth-order valence-corrected chi connectivity index (χ4v) is 1.27. The van der Waals surface area contributed by atoms with Crippen molar-refractivity contribution in [3.63, 3.8) is 0 Å². The molecule has 0 amide bonds. The van der Waals surface area contributed by atoms with E-state index in [1.54, 1.807) is 0 Å². The normalized spacial score (nSPS) is 10.5. The molecular weight excluding hydrogens is 150 g/mol. The predicted octanol–water partition coefficient (Wildman–Crippen LogP) is 3.11. The summed E-state index contributed by atoms with van der Waals surface area (Å²) in [5.41, 5.74) is 1.10. The van der Waals surface area contributed by atoms with Crippen molar-refractivity contribution >= 4 is 0 Å². The van der Waals surface area contributed by atoms with Gasteiger partial charge < -0.3 is 4.52 Å². The third kappa shape index (κ3) is 3.07.